The molecule has 1 N–H and O–H groups in total. The molecule has 1 rings (SSSR count). The van der Waals surface area contributed by atoms with Gasteiger partial charge in [0.15, 0.2) is 0 Å². The van der Waals surface area contributed by atoms with E-state index < -0.39 is 16.2 Å². The smallest absolute Gasteiger partial charge is 0.240 e. The Morgan fingerprint density at radius 1 is 1.62 bits per heavy atom. The molecule has 0 aliphatic heterocycles. The van der Waals surface area contributed by atoms with Crippen molar-refractivity contribution in [1.82, 2.24) is 5.32 Å². The van der Waals surface area contributed by atoms with Crippen LogP contribution in [0.5, 0.6) is 0 Å². The van der Waals surface area contributed by atoms with Crippen LogP contribution in [-0.2, 0) is 15.6 Å². The molecule has 1 fully saturated rings. The minimum Gasteiger partial charge on any atom is -0.355 e. The topological polar surface area (TPSA) is 70.0 Å². The molecule has 2 unspecified atom stereocenters. The van der Waals surface area contributed by atoms with Crippen LogP contribution in [0.25, 0.3) is 0 Å². The van der Waals surface area contributed by atoms with Gasteiger partial charge in [0.1, 0.15) is 5.41 Å². The van der Waals surface area contributed by atoms with Gasteiger partial charge in [-0.25, -0.2) is 0 Å². The molecule has 0 saturated heterocycles. The highest BCUT2D eigenvalue weighted by molar-refractivity contribution is 7.84. The second-order valence-electron chi connectivity index (χ2n) is 4.40. The number of nitrogens with one attached hydrogen (secondary N) is 1. The van der Waals surface area contributed by atoms with E-state index in [0.717, 1.165) is 6.42 Å². The van der Waals surface area contributed by atoms with Crippen LogP contribution in [0.1, 0.15) is 32.6 Å². The molecule has 0 aromatic rings. The Morgan fingerprint density at radius 2 is 2.25 bits per heavy atom. The number of carbonyl (C=O) groups is 1. The predicted octanol–water partition coefficient (Wildman–Crippen LogP) is 0.954. The largest absolute Gasteiger partial charge is 0.355 e. The van der Waals surface area contributed by atoms with Crippen LogP contribution in [0.2, 0.25) is 0 Å². The van der Waals surface area contributed by atoms with Gasteiger partial charge in [-0.3, -0.25) is 9.00 Å². The summed E-state index contributed by atoms with van der Waals surface area (Å²) < 4.78 is 11.1. The lowest BCUT2D eigenvalue weighted by Gasteiger charge is -2.33. The van der Waals surface area contributed by atoms with E-state index in [1.165, 1.54) is 0 Å². The van der Waals surface area contributed by atoms with Crippen molar-refractivity contribution in [3.8, 4) is 6.07 Å². The third-order valence-corrected chi connectivity index (χ3v) is 4.63. The zero-order valence-corrected chi connectivity index (χ0v) is 10.6. The first kappa shape index (κ1) is 13.2. The molecule has 0 heterocycles. The average molecular weight is 242 g/mol. The summed E-state index contributed by atoms with van der Waals surface area (Å²) in [6.45, 7) is 2.40. The van der Waals surface area contributed by atoms with Crippen molar-refractivity contribution in [2.24, 2.45) is 5.41 Å². The van der Waals surface area contributed by atoms with Gasteiger partial charge in [0, 0.05) is 28.9 Å². The minimum atomic E-state index is -0.852. The molecule has 2 atom stereocenters. The quantitative estimate of drug-likeness (QED) is 0.780. The molecular formula is C11H18N2O2S. The van der Waals surface area contributed by atoms with Crippen molar-refractivity contribution >= 4 is 16.7 Å². The molecule has 0 radical (unpaired) electrons. The van der Waals surface area contributed by atoms with Crippen LogP contribution in [-0.4, -0.2) is 28.2 Å². The zero-order chi connectivity index (χ0) is 12.2. The molecule has 1 amide bonds. The number of rotatable bonds is 5. The normalized spacial score (nSPS) is 21.3. The van der Waals surface area contributed by atoms with Crippen molar-refractivity contribution < 1.29 is 9.00 Å². The van der Waals surface area contributed by atoms with Crippen LogP contribution < -0.4 is 5.32 Å². The van der Waals surface area contributed by atoms with Crippen LogP contribution in [0, 0.1) is 16.7 Å². The SMILES string of the molecule is CC(CCNC(=O)C1(C#N)CCC1)S(C)=O. The highest BCUT2D eigenvalue weighted by Gasteiger charge is 2.44. The molecule has 1 aliphatic rings. The summed E-state index contributed by atoms with van der Waals surface area (Å²) in [6.07, 6.45) is 4.65. The van der Waals surface area contributed by atoms with Gasteiger partial charge in [-0.2, -0.15) is 5.26 Å². The van der Waals surface area contributed by atoms with Gasteiger partial charge in [0.05, 0.1) is 6.07 Å². The maximum atomic E-state index is 11.7. The first-order valence-electron chi connectivity index (χ1n) is 5.53. The van der Waals surface area contributed by atoms with E-state index in [9.17, 15) is 9.00 Å². The Balaban J connectivity index is 2.31. The molecule has 4 nitrogen and oxygen atoms in total. The predicted molar refractivity (Wildman–Crippen MR) is 63.1 cm³/mol. The Labute approximate surface area is 98.9 Å². The van der Waals surface area contributed by atoms with Crippen molar-refractivity contribution in [3.63, 3.8) is 0 Å². The number of nitrogens with zero attached hydrogens (tertiary/aromatic N) is 1. The van der Waals surface area contributed by atoms with Gasteiger partial charge in [-0.1, -0.05) is 6.92 Å². The van der Waals surface area contributed by atoms with Crippen LogP contribution >= 0.6 is 0 Å². The first-order valence-corrected chi connectivity index (χ1v) is 7.16. The van der Waals surface area contributed by atoms with Crippen LogP contribution in [0.3, 0.4) is 0 Å². The van der Waals surface area contributed by atoms with Gasteiger partial charge in [0.25, 0.3) is 0 Å². The second kappa shape index (κ2) is 5.44. The summed E-state index contributed by atoms with van der Waals surface area (Å²) >= 11 is 0. The first-order chi connectivity index (χ1) is 7.52. The van der Waals surface area contributed by atoms with E-state index in [1.807, 2.05) is 6.92 Å². The van der Waals surface area contributed by atoms with E-state index in [2.05, 4.69) is 11.4 Å². The average Bonchev–Trinajstić information content (AvgIpc) is 2.16. The number of hydrogen-bond acceptors (Lipinski definition) is 3. The summed E-state index contributed by atoms with van der Waals surface area (Å²) in [5.74, 6) is -0.157. The van der Waals surface area contributed by atoms with Gasteiger partial charge >= 0.3 is 0 Å². The Morgan fingerprint density at radius 3 is 2.62 bits per heavy atom. The fourth-order valence-corrected chi connectivity index (χ4v) is 2.09. The van der Waals surface area contributed by atoms with Crippen molar-refractivity contribution in [2.45, 2.75) is 37.9 Å². The fourth-order valence-electron chi connectivity index (χ4n) is 1.64. The van der Waals surface area contributed by atoms with Gasteiger partial charge < -0.3 is 5.32 Å². The van der Waals surface area contributed by atoms with E-state index in [0.29, 0.717) is 25.8 Å². The lowest BCUT2D eigenvalue weighted by molar-refractivity contribution is -0.131. The molecule has 0 spiro atoms. The molecule has 16 heavy (non-hydrogen) atoms. The maximum absolute atomic E-state index is 11.7. The second-order valence-corrected chi connectivity index (χ2v) is 6.20. The molecule has 90 valence electrons. The molecule has 1 aliphatic carbocycles. The number of amides is 1. The monoisotopic (exact) mass is 242 g/mol. The van der Waals surface area contributed by atoms with Gasteiger partial charge in [-0.05, 0) is 25.7 Å². The van der Waals surface area contributed by atoms with E-state index in [-0.39, 0.29) is 11.2 Å². The molecule has 5 heteroatoms. The Bertz CT molecular complexity index is 331. The third kappa shape index (κ3) is 2.82. The fraction of sp³-hybridized carbons (Fsp3) is 0.818. The minimum absolute atomic E-state index is 0.0831. The lowest BCUT2D eigenvalue weighted by Crippen LogP contribution is -2.45. The van der Waals surface area contributed by atoms with Crippen LogP contribution in [0.15, 0.2) is 0 Å². The van der Waals surface area contributed by atoms with Gasteiger partial charge in [-0.15, -0.1) is 0 Å². The summed E-state index contributed by atoms with van der Waals surface area (Å²) in [6, 6.07) is 2.10. The molecular weight excluding hydrogens is 224 g/mol. The summed E-state index contributed by atoms with van der Waals surface area (Å²) in [7, 11) is -0.852. The number of hydrogen-bond donors (Lipinski definition) is 1. The summed E-state index contributed by atoms with van der Waals surface area (Å²) in [4.78, 5) is 11.7. The van der Waals surface area contributed by atoms with Crippen molar-refractivity contribution in [2.75, 3.05) is 12.8 Å². The number of carbonyl (C=O) groups excluding carboxylic acids is 1. The highest BCUT2D eigenvalue weighted by Crippen LogP contribution is 2.40. The maximum Gasteiger partial charge on any atom is 0.240 e. The molecule has 0 aromatic heterocycles. The molecule has 0 bridgehead atoms. The van der Waals surface area contributed by atoms with E-state index in [4.69, 9.17) is 5.26 Å². The highest BCUT2D eigenvalue weighted by atomic mass is 32.2. The summed E-state index contributed by atoms with van der Waals surface area (Å²) in [5, 5.41) is 11.8. The Hall–Kier alpha value is -0.890. The lowest BCUT2D eigenvalue weighted by atomic mass is 9.69. The van der Waals surface area contributed by atoms with E-state index in [1.54, 1.807) is 6.26 Å². The molecule has 1 saturated carbocycles. The molecule has 0 aromatic carbocycles. The summed E-state index contributed by atoms with van der Waals surface area (Å²) in [5.41, 5.74) is -0.769. The van der Waals surface area contributed by atoms with E-state index >= 15 is 0 Å². The van der Waals surface area contributed by atoms with Crippen LogP contribution in [0.4, 0.5) is 0 Å². The number of nitriles is 1. The Kier molecular flexibility index (Phi) is 4.48. The zero-order valence-electron chi connectivity index (χ0n) is 9.78. The van der Waals surface area contributed by atoms with Gasteiger partial charge in [0.2, 0.25) is 5.91 Å². The third-order valence-electron chi connectivity index (χ3n) is 3.26. The van der Waals surface area contributed by atoms with Crippen molar-refractivity contribution in [1.29, 1.82) is 5.26 Å². The van der Waals surface area contributed by atoms with Crippen molar-refractivity contribution in [3.05, 3.63) is 0 Å². The standard InChI is InChI=1S/C11H18N2O2S/c1-9(16(2)15)4-7-13-10(14)11(8-12)5-3-6-11/h9H,3-7H2,1-2H3,(H,13,14).